The van der Waals surface area contributed by atoms with Crippen LogP contribution in [0.2, 0.25) is 0 Å². The van der Waals surface area contributed by atoms with Gasteiger partial charge in [0.2, 0.25) is 0 Å². The Bertz CT molecular complexity index is 1340. The third-order valence-corrected chi connectivity index (χ3v) is 7.94. The Morgan fingerprint density at radius 3 is 2.84 bits per heavy atom. The summed E-state index contributed by atoms with van der Waals surface area (Å²) < 4.78 is 1.81. The van der Waals surface area contributed by atoms with Crippen molar-refractivity contribution in [3.05, 3.63) is 69.6 Å². The Labute approximate surface area is 191 Å². The van der Waals surface area contributed by atoms with Gasteiger partial charge in [-0.1, -0.05) is 36.4 Å². The minimum absolute atomic E-state index is 0.114. The highest BCUT2D eigenvalue weighted by Gasteiger charge is 2.21. The minimum Gasteiger partial charge on any atom is -0.370 e. The fraction of sp³-hybridized carbons (Fsp3) is 0.360. The number of anilines is 1. The first-order valence-electron chi connectivity index (χ1n) is 11.4. The molecule has 1 fully saturated rings. The van der Waals surface area contributed by atoms with Gasteiger partial charge >= 0.3 is 0 Å². The van der Waals surface area contributed by atoms with Crippen LogP contribution in [0.3, 0.4) is 0 Å². The van der Waals surface area contributed by atoms with E-state index >= 15 is 0 Å². The Morgan fingerprint density at radius 1 is 0.969 bits per heavy atom. The lowest BCUT2D eigenvalue weighted by Crippen LogP contribution is -2.34. The first-order chi connectivity index (χ1) is 15.8. The van der Waals surface area contributed by atoms with E-state index in [2.05, 4.69) is 62.6 Å². The molecule has 0 radical (unpaired) electrons. The zero-order chi connectivity index (χ0) is 21.5. The van der Waals surface area contributed by atoms with Crippen LogP contribution in [-0.2, 0) is 19.6 Å². The van der Waals surface area contributed by atoms with E-state index in [1.54, 1.807) is 22.2 Å². The normalized spacial score (nSPS) is 17.2. The number of thiophene rings is 1. The molecule has 0 unspecified atom stereocenters. The second-order valence-electron chi connectivity index (χ2n) is 8.71. The van der Waals surface area contributed by atoms with Gasteiger partial charge in [0, 0.05) is 61.8 Å². The predicted molar refractivity (Wildman–Crippen MR) is 132 cm³/mol. The molecule has 2 aliphatic rings. The number of benzene rings is 2. The summed E-state index contributed by atoms with van der Waals surface area (Å²) in [5, 5.41) is 6.80. The number of hydrogen-bond donors (Lipinski definition) is 1. The topological polar surface area (TPSA) is 53.4 Å². The summed E-state index contributed by atoms with van der Waals surface area (Å²) in [4.78, 5) is 24.9. The summed E-state index contributed by atoms with van der Waals surface area (Å²) in [7, 11) is 0. The van der Waals surface area contributed by atoms with Crippen LogP contribution in [-0.4, -0.2) is 47.2 Å². The van der Waals surface area contributed by atoms with Crippen molar-refractivity contribution in [2.24, 2.45) is 0 Å². The van der Waals surface area contributed by atoms with E-state index in [1.807, 2.05) is 0 Å². The molecule has 0 aliphatic carbocycles. The van der Waals surface area contributed by atoms with Crippen LogP contribution in [0, 0.1) is 0 Å². The maximum Gasteiger partial charge on any atom is 0.262 e. The molecule has 2 aliphatic heterocycles. The van der Waals surface area contributed by atoms with Crippen LogP contribution < -0.4 is 15.8 Å². The van der Waals surface area contributed by atoms with Crippen molar-refractivity contribution >= 4 is 38.0 Å². The Kier molecular flexibility index (Phi) is 5.17. The highest BCUT2D eigenvalue weighted by atomic mass is 32.1. The predicted octanol–water partition coefficient (Wildman–Crippen LogP) is 3.43. The molecule has 1 saturated heterocycles. The minimum atomic E-state index is 0.114. The fourth-order valence-corrected chi connectivity index (χ4v) is 6.20. The van der Waals surface area contributed by atoms with Gasteiger partial charge in [-0.25, -0.2) is 4.98 Å². The number of aromatic nitrogens is 2. The third-order valence-electron chi connectivity index (χ3n) is 6.80. The largest absolute Gasteiger partial charge is 0.370 e. The van der Waals surface area contributed by atoms with Gasteiger partial charge in [0.1, 0.15) is 4.83 Å². The second kappa shape index (κ2) is 8.31. The maximum absolute atomic E-state index is 13.1. The van der Waals surface area contributed by atoms with Crippen molar-refractivity contribution in [1.82, 2.24) is 19.8 Å². The zero-order valence-corrected chi connectivity index (χ0v) is 18.9. The third kappa shape index (κ3) is 3.50. The fourth-order valence-electron chi connectivity index (χ4n) is 5.09. The summed E-state index contributed by atoms with van der Waals surface area (Å²) in [6, 6.07) is 15.2. The molecule has 0 amide bonds. The summed E-state index contributed by atoms with van der Waals surface area (Å²) in [6.45, 7) is 7.34. The summed E-state index contributed by atoms with van der Waals surface area (Å²) in [5.41, 5.74) is 2.61. The van der Waals surface area contributed by atoms with Crippen molar-refractivity contribution in [2.45, 2.75) is 26.1 Å². The molecule has 2 aromatic heterocycles. The van der Waals surface area contributed by atoms with Crippen molar-refractivity contribution in [3.63, 3.8) is 0 Å². The average Bonchev–Trinajstić information content (AvgIpc) is 3.32. The Balaban J connectivity index is 1.16. The van der Waals surface area contributed by atoms with Crippen molar-refractivity contribution in [2.75, 3.05) is 37.6 Å². The first-order valence-corrected chi connectivity index (χ1v) is 12.2. The van der Waals surface area contributed by atoms with Crippen LogP contribution in [0.25, 0.3) is 21.0 Å². The lowest BCUT2D eigenvalue weighted by Gasteiger charge is -2.25. The molecule has 0 bridgehead atoms. The van der Waals surface area contributed by atoms with Gasteiger partial charge in [-0.3, -0.25) is 14.3 Å². The first kappa shape index (κ1) is 19.9. The molecule has 6 nitrogen and oxygen atoms in total. The van der Waals surface area contributed by atoms with Crippen LogP contribution in [0.4, 0.5) is 5.69 Å². The zero-order valence-electron chi connectivity index (χ0n) is 18.1. The SMILES string of the molecule is O=c1c2c3c(sc2ncn1CCN1CCCN(c2cccc4ccccc24)CC1)CNC3. The molecule has 0 spiro atoms. The van der Waals surface area contributed by atoms with Crippen LogP contribution in [0.15, 0.2) is 53.6 Å². The van der Waals surface area contributed by atoms with E-state index in [0.717, 1.165) is 68.0 Å². The lowest BCUT2D eigenvalue weighted by molar-refractivity contribution is 0.279. The summed E-state index contributed by atoms with van der Waals surface area (Å²) in [5.74, 6) is 0. The molecule has 0 saturated carbocycles. The summed E-state index contributed by atoms with van der Waals surface area (Å²) >= 11 is 1.65. The number of rotatable bonds is 4. The summed E-state index contributed by atoms with van der Waals surface area (Å²) in [6.07, 6.45) is 2.86. The van der Waals surface area contributed by atoms with E-state index in [4.69, 9.17) is 0 Å². The van der Waals surface area contributed by atoms with E-state index in [1.165, 1.54) is 21.3 Å². The molecule has 32 heavy (non-hydrogen) atoms. The molecular formula is C25H27N5OS. The van der Waals surface area contributed by atoms with E-state index in [0.29, 0.717) is 6.54 Å². The number of hydrogen-bond acceptors (Lipinski definition) is 6. The number of nitrogens with one attached hydrogen (secondary N) is 1. The van der Waals surface area contributed by atoms with Gasteiger partial charge in [0.15, 0.2) is 0 Å². The van der Waals surface area contributed by atoms with Crippen LogP contribution in [0.5, 0.6) is 0 Å². The molecule has 6 rings (SSSR count). The molecule has 4 aromatic rings. The smallest absolute Gasteiger partial charge is 0.262 e. The van der Waals surface area contributed by atoms with Crippen LogP contribution in [0.1, 0.15) is 16.9 Å². The molecule has 164 valence electrons. The highest BCUT2D eigenvalue weighted by Crippen LogP contribution is 2.30. The number of fused-ring (bicyclic) bond motifs is 4. The van der Waals surface area contributed by atoms with Gasteiger partial charge in [0.05, 0.1) is 11.7 Å². The van der Waals surface area contributed by atoms with Crippen molar-refractivity contribution in [1.29, 1.82) is 0 Å². The van der Waals surface area contributed by atoms with Gasteiger partial charge in [-0.05, 0) is 30.0 Å². The molecule has 7 heteroatoms. The van der Waals surface area contributed by atoms with Crippen LogP contribution >= 0.6 is 11.3 Å². The standard InChI is InChI=1S/C25H27N5OS/c31-25-23-20-15-26-16-22(20)32-24(23)27-17-30(25)14-12-28-9-4-10-29(13-11-28)21-8-3-6-18-5-1-2-7-19(18)21/h1-3,5-8,17,26H,4,9-16H2. The van der Waals surface area contributed by atoms with Gasteiger partial charge in [-0.2, -0.15) is 0 Å². The Morgan fingerprint density at radius 2 is 1.88 bits per heavy atom. The maximum atomic E-state index is 13.1. The molecule has 4 heterocycles. The van der Waals surface area contributed by atoms with Crippen molar-refractivity contribution in [3.8, 4) is 0 Å². The molecular weight excluding hydrogens is 418 g/mol. The van der Waals surface area contributed by atoms with Gasteiger partial charge < -0.3 is 10.2 Å². The number of nitrogens with zero attached hydrogens (tertiary/aromatic N) is 4. The monoisotopic (exact) mass is 445 g/mol. The van der Waals surface area contributed by atoms with Gasteiger partial charge in [-0.15, -0.1) is 11.3 Å². The van der Waals surface area contributed by atoms with E-state index in [-0.39, 0.29) is 5.56 Å². The van der Waals surface area contributed by atoms with E-state index < -0.39 is 0 Å². The lowest BCUT2D eigenvalue weighted by atomic mass is 10.1. The molecule has 2 aromatic carbocycles. The van der Waals surface area contributed by atoms with Gasteiger partial charge in [0.25, 0.3) is 5.56 Å². The Hall–Kier alpha value is -2.74. The average molecular weight is 446 g/mol. The molecule has 1 N–H and O–H groups in total. The second-order valence-corrected chi connectivity index (χ2v) is 9.79. The highest BCUT2D eigenvalue weighted by molar-refractivity contribution is 7.18. The molecule has 0 atom stereocenters. The van der Waals surface area contributed by atoms with E-state index in [9.17, 15) is 4.79 Å². The van der Waals surface area contributed by atoms with Crippen molar-refractivity contribution < 1.29 is 0 Å². The quantitative estimate of drug-likeness (QED) is 0.522.